The highest BCUT2D eigenvalue weighted by Crippen LogP contribution is 2.15. The standard InChI is InChI=1S/C8H17NOS/c1-2-3-9-4-5-11-7-8(9)6-10/h8,10H,2-7H2,1H3/t8-/m1/s1. The van der Waals surface area contributed by atoms with Gasteiger partial charge in [-0.15, -0.1) is 0 Å². The van der Waals surface area contributed by atoms with Crippen molar-refractivity contribution in [2.45, 2.75) is 19.4 Å². The number of rotatable bonds is 3. The average molecular weight is 175 g/mol. The zero-order valence-corrected chi connectivity index (χ0v) is 7.94. The molecule has 0 aromatic carbocycles. The van der Waals surface area contributed by atoms with E-state index in [1.165, 1.54) is 12.2 Å². The van der Waals surface area contributed by atoms with Gasteiger partial charge in [0.05, 0.1) is 6.61 Å². The molecule has 0 spiro atoms. The van der Waals surface area contributed by atoms with Crippen LogP contribution in [0.3, 0.4) is 0 Å². The Bertz CT molecular complexity index is 108. The third kappa shape index (κ3) is 2.65. The van der Waals surface area contributed by atoms with Crippen LogP contribution >= 0.6 is 11.8 Å². The molecule has 1 aliphatic heterocycles. The van der Waals surface area contributed by atoms with Gasteiger partial charge < -0.3 is 5.11 Å². The van der Waals surface area contributed by atoms with Crippen LogP contribution < -0.4 is 0 Å². The largest absolute Gasteiger partial charge is 0.395 e. The van der Waals surface area contributed by atoms with Gasteiger partial charge in [0, 0.05) is 24.1 Å². The zero-order chi connectivity index (χ0) is 8.10. The van der Waals surface area contributed by atoms with Gasteiger partial charge in [-0.3, -0.25) is 4.90 Å². The molecule has 66 valence electrons. The minimum atomic E-state index is 0.326. The summed E-state index contributed by atoms with van der Waals surface area (Å²) in [6.07, 6.45) is 1.20. The molecule has 1 fully saturated rings. The highest BCUT2D eigenvalue weighted by Gasteiger charge is 2.20. The zero-order valence-electron chi connectivity index (χ0n) is 7.12. The maximum Gasteiger partial charge on any atom is 0.0594 e. The second kappa shape index (κ2) is 5.01. The molecule has 0 unspecified atom stereocenters. The van der Waals surface area contributed by atoms with Crippen molar-refractivity contribution in [2.24, 2.45) is 0 Å². The smallest absolute Gasteiger partial charge is 0.0594 e. The van der Waals surface area contributed by atoms with Crippen molar-refractivity contribution in [1.82, 2.24) is 4.90 Å². The van der Waals surface area contributed by atoms with E-state index in [4.69, 9.17) is 5.11 Å². The molecule has 1 saturated heterocycles. The first-order chi connectivity index (χ1) is 5.38. The number of nitrogens with zero attached hydrogens (tertiary/aromatic N) is 1. The summed E-state index contributed by atoms with van der Waals surface area (Å²) in [5.41, 5.74) is 0. The summed E-state index contributed by atoms with van der Waals surface area (Å²) in [6, 6.07) is 0.425. The SMILES string of the molecule is CCCN1CCSC[C@H]1CO. The van der Waals surface area contributed by atoms with Gasteiger partial charge in [0.2, 0.25) is 0 Å². The molecule has 3 heteroatoms. The number of thioether (sulfide) groups is 1. The summed E-state index contributed by atoms with van der Waals surface area (Å²) in [5.74, 6) is 2.34. The van der Waals surface area contributed by atoms with E-state index in [1.54, 1.807) is 0 Å². The van der Waals surface area contributed by atoms with Gasteiger partial charge in [-0.25, -0.2) is 0 Å². The predicted molar refractivity (Wildman–Crippen MR) is 50.1 cm³/mol. The van der Waals surface area contributed by atoms with Crippen molar-refractivity contribution in [3.63, 3.8) is 0 Å². The molecule has 0 aliphatic carbocycles. The van der Waals surface area contributed by atoms with Crippen LogP contribution in [0.15, 0.2) is 0 Å². The second-order valence-electron chi connectivity index (χ2n) is 2.95. The van der Waals surface area contributed by atoms with Gasteiger partial charge in [-0.2, -0.15) is 11.8 Å². The molecule has 1 N–H and O–H groups in total. The Kier molecular flexibility index (Phi) is 4.26. The Labute approximate surface area is 73.0 Å². The van der Waals surface area contributed by atoms with Crippen molar-refractivity contribution < 1.29 is 5.11 Å². The van der Waals surface area contributed by atoms with Gasteiger partial charge in [-0.1, -0.05) is 6.92 Å². The van der Waals surface area contributed by atoms with E-state index < -0.39 is 0 Å². The molecule has 0 radical (unpaired) electrons. The Morgan fingerprint density at radius 1 is 1.64 bits per heavy atom. The van der Waals surface area contributed by atoms with Crippen molar-refractivity contribution in [3.8, 4) is 0 Å². The summed E-state index contributed by atoms with van der Waals surface area (Å²) in [7, 11) is 0. The Balaban J connectivity index is 2.31. The molecule has 1 heterocycles. The van der Waals surface area contributed by atoms with Crippen LogP contribution in [0.2, 0.25) is 0 Å². The minimum Gasteiger partial charge on any atom is -0.395 e. The van der Waals surface area contributed by atoms with E-state index in [1.807, 2.05) is 11.8 Å². The average Bonchev–Trinajstić information content (AvgIpc) is 2.06. The van der Waals surface area contributed by atoms with E-state index in [2.05, 4.69) is 11.8 Å². The molecule has 0 aromatic heterocycles. The van der Waals surface area contributed by atoms with Crippen LogP contribution in [-0.2, 0) is 0 Å². The van der Waals surface area contributed by atoms with Crippen molar-refractivity contribution >= 4 is 11.8 Å². The second-order valence-corrected chi connectivity index (χ2v) is 4.10. The van der Waals surface area contributed by atoms with E-state index in [-0.39, 0.29) is 0 Å². The van der Waals surface area contributed by atoms with Crippen molar-refractivity contribution in [2.75, 3.05) is 31.2 Å². The molecule has 0 bridgehead atoms. The van der Waals surface area contributed by atoms with Gasteiger partial charge in [-0.05, 0) is 13.0 Å². The fraction of sp³-hybridized carbons (Fsp3) is 1.00. The molecule has 1 atom stereocenters. The molecule has 2 nitrogen and oxygen atoms in total. The molecular weight excluding hydrogens is 158 g/mol. The lowest BCUT2D eigenvalue weighted by atomic mass is 10.2. The number of aliphatic hydroxyl groups is 1. The third-order valence-electron chi connectivity index (χ3n) is 2.07. The van der Waals surface area contributed by atoms with Gasteiger partial charge >= 0.3 is 0 Å². The topological polar surface area (TPSA) is 23.5 Å². The van der Waals surface area contributed by atoms with Crippen molar-refractivity contribution in [1.29, 1.82) is 0 Å². The molecule has 11 heavy (non-hydrogen) atoms. The van der Waals surface area contributed by atoms with E-state index in [0.29, 0.717) is 12.6 Å². The van der Waals surface area contributed by atoms with E-state index in [0.717, 1.165) is 18.8 Å². The van der Waals surface area contributed by atoms with Crippen LogP contribution in [0, 0.1) is 0 Å². The monoisotopic (exact) mass is 175 g/mol. The predicted octanol–water partition coefficient (Wildman–Crippen LogP) is 0.806. The first-order valence-corrected chi connectivity index (χ1v) is 5.46. The fourth-order valence-electron chi connectivity index (χ4n) is 1.44. The Morgan fingerprint density at radius 3 is 3.09 bits per heavy atom. The maximum absolute atomic E-state index is 9.03. The molecule has 1 rings (SSSR count). The van der Waals surface area contributed by atoms with Gasteiger partial charge in [0.25, 0.3) is 0 Å². The van der Waals surface area contributed by atoms with Crippen LogP contribution in [0.1, 0.15) is 13.3 Å². The molecule has 0 saturated carbocycles. The summed E-state index contributed by atoms with van der Waals surface area (Å²) in [6.45, 7) is 4.82. The van der Waals surface area contributed by atoms with E-state index >= 15 is 0 Å². The summed E-state index contributed by atoms with van der Waals surface area (Å²) < 4.78 is 0. The molecular formula is C8H17NOS. The van der Waals surface area contributed by atoms with Crippen LogP contribution in [0.5, 0.6) is 0 Å². The van der Waals surface area contributed by atoms with Crippen LogP contribution in [0.4, 0.5) is 0 Å². The highest BCUT2D eigenvalue weighted by atomic mass is 32.2. The fourth-order valence-corrected chi connectivity index (χ4v) is 2.56. The lowest BCUT2D eigenvalue weighted by Crippen LogP contribution is -2.44. The number of hydrogen-bond donors (Lipinski definition) is 1. The Morgan fingerprint density at radius 2 is 2.45 bits per heavy atom. The minimum absolute atomic E-state index is 0.326. The maximum atomic E-state index is 9.03. The third-order valence-corrected chi connectivity index (χ3v) is 3.16. The van der Waals surface area contributed by atoms with Crippen LogP contribution in [-0.4, -0.2) is 47.3 Å². The first kappa shape index (κ1) is 9.36. The number of aliphatic hydroxyl groups excluding tert-OH is 1. The quantitative estimate of drug-likeness (QED) is 0.686. The van der Waals surface area contributed by atoms with Gasteiger partial charge in [0.15, 0.2) is 0 Å². The summed E-state index contributed by atoms with van der Waals surface area (Å²) >= 11 is 1.96. The summed E-state index contributed by atoms with van der Waals surface area (Å²) in [5, 5.41) is 9.03. The molecule has 1 aliphatic rings. The highest BCUT2D eigenvalue weighted by molar-refractivity contribution is 7.99. The van der Waals surface area contributed by atoms with E-state index in [9.17, 15) is 0 Å². The molecule has 0 aromatic rings. The van der Waals surface area contributed by atoms with Gasteiger partial charge in [0.1, 0.15) is 0 Å². The molecule has 0 amide bonds. The Hall–Kier alpha value is 0.270. The van der Waals surface area contributed by atoms with Crippen LogP contribution in [0.25, 0.3) is 0 Å². The summed E-state index contributed by atoms with van der Waals surface area (Å²) in [4.78, 5) is 2.40. The van der Waals surface area contributed by atoms with Crippen molar-refractivity contribution in [3.05, 3.63) is 0 Å². The normalized spacial score (nSPS) is 27.3. The first-order valence-electron chi connectivity index (χ1n) is 4.31. The lowest BCUT2D eigenvalue weighted by molar-refractivity contribution is 0.140. The lowest BCUT2D eigenvalue weighted by Gasteiger charge is -2.33. The number of hydrogen-bond acceptors (Lipinski definition) is 3.